The SMILES string of the molecule is C[C@H]1CCCN1S(=O)(=O)c1ccc2c(Br)cnc(N=C(N)N)c2c1. The zero-order valence-corrected chi connectivity index (χ0v) is 15.5. The third-order valence-corrected chi connectivity index (χ3v) is 6.76. The Morgan fingerprint density at radius 1 is 1.38 bits per heavy atom. The molecule has 1 aliphatic heterocycles. The molecule has 0 bridgehead atoms. The van der Waals surface area contributed by atoms with Crippen LogP contribution in [0.4, 0.5) is 5.82 Å². The molecule has 0 spiro atoms. The third kappa shape index (κ3) is 2.99. The van der Waals surface area contributed by atoms with E-state index in [1.54, 1.807) is 28.7 Å². The van der Waals surface area contributed by atoms with Gasteiger partial charge in [-0.15, -0.1) is 0 Å². The lowest BCUT2D eigenvalue weighted by Crippen LogP contribution is -2.33. The van der Waals surface area contributed by atoms with Gasteiger partial charge in [-0.25, -0.2) is 13.4 Å². The lowest BCUT2D eigenvalue weighted by Gasteiger charge is -2.21. The summed E-state index contributed by atoms with van der Waals surface area (Å²) in [6.45, 7) is 2.47. The number of hydrogen-bond donors (Lipinski definition) is 2. The van der Waals surface area contributed by atoms with Crippen molar-refractivity contribution in [1.29, 1.82) is 0 Å². The van der Waals surface area contributed by atoms with E-state index < -0.39 is 10.0 Å². The van der Waals surface area contributed by atoms with E-state index in [1.165, 1.54) is 0 Å². The number of benzene rings is 1. The molecule has 1 aromatic heterocycles. The van der Waals surface area contributed by atoms with Crippen molar-refractivity contribution in [1.82, 2.24) is 9.29 Å². The second-order valence-electron chi connectivity index (χ2n) is 5.78. The van der Waals surface area contributed by atoms with Crippen molar-refractivity contribution in [2.45, 2.75) is 30.7 Å². The van der Waals surface area contributed by atoms with E-state index in [0.29, 0.717) is 17.7 Å². The highest BCUT2D eigenvalue weighted by Gasteiger charge is 2.32. The van der Waals surface area contributed by atoms with Crippen LogP contribution in [-0.4, -0.2) is 36.3 Å². The van der Waals surface area contributed by atoms with Crippen LogP contribution in [0.3, 0.4) is 0 Å². The summed E-state index contributed by atoms with van der Waals surface area (Å²) in [7, 11) is -3.56. The Balaban J connectivity index is 2.19. The molecule has 1 atom stereocenters. The maximum Gasteiger partial charge on any atom is 0.243 e. The van der Waals surface area contributed by atoms with Gasteiger partial charge >= 0.3 is 0 Å². The summed E-state index contributed by atoms with van der Waals surface area (Å²) in [5.74, 6) is 0.160. The highest BCUT2D eigenvalue weighted by molar-refractivity contribution is 9.10. The number of nitrogens with zero attached hydrogens (tertiary/aromatic N) is 3. The summed E-state index contributed by atoms with van der Waals surface area (Å²) in [6.07, 6.45) is 3.33. The second-order valence-corrected chi connectivity index (χ2v) is 8.53. The number of sulfonamides is 1. The molecule has 0 saturated carbocycles. The molecule has 1 aromatic carbocycles. The molecule has 7 nitrogen and oxygen atoms in total. The highest BCUT2D eigenvalue weighted by Crippen LogP contribution is 2.33. The number of hydrogen-bond acceptors (Lipinski definition) is 4. The number of aromatic nitrogens is 1. The first kappa shape index (κ1) is 17.1. The van der Waals surface area contributed by atoms with Gasteiger partial charge in [-0.1, -0.05) is 6.07 Å². The predicted molar refractivity (Wildman–Crippen MR) is 97.5 cm³/mol. The molecule has 2 aromatic rings. The average Bonchev–Trinajstić information content (AvgIpc) is 2.96. The van der Waals surface area contributed by atoms with E-state index in [0.717, 1.165) is 22.7 Å². The van der Waals surface area contributed by atoms with Crippen LogP contribution in [0.2, 0.25) is 0 Å². The van der Waals surface area contributed by atoms with E-state index in [2.05, 4.69) is 25.9 Å². The van der Waals surface area contributed by atoms with Crippen molar-refractivity contribution in [3.05, 3.63) is 28.9 Å². The highest BCUT2D eigenvalue weighted by atomic mass is 79.9. The van der Waals surface area contributed by atoms with Crippen LogP contribution >= 0.6 is 15.9 Å². The fourth-order valence-corrected chi connectivity index (χ4v) is 5.12. The molecule has 1 aliphatic rings. The van der Waals surface area contributed by atoms with Crippen molar-refractivity contribution in [3.63, 3.8) is 0 Å². The summed E-state index contributed by atoms with van der Waals surface area (Å²) in [5, 5.41) is 1.36. The van der Waals surface area contributed by atoms with Crippen molar-refractivity contribution in [3.8, 4) is 0 Å². The van der Waals surface area contributed by atoms with Gasteiger partial charge in [0, 0.05) is 34.0 Å². The largest absolute Gasteiger partial charge is 0.370 e. The standard InChI is InChI=1S/C15H18BrN5O2S/c1-9-3-2-6-21(9)24(22,23)10-4-5-11-12(7-10)14(20-15(17)18)19-8-13(11)16/h4-5,7-9H,2-3,6H2,1H3,(H4,17,18,19,20)/t9-/m0/s1. The average molecular weight is 412 g/mol. The quantitative estimate of drug-likeness (QED) is 0.592. The van der Waals surface area contributed by atoms with Crippen molar-refractivity contribution in [2.75, 3.05) is 6.54 Å². The zero-order valence-electron chi connectivity index (χ0n) is 13.1. The molecule has 128 valence electrons. The van der Waals surface area contributed by atoms with Gasteiger partial charge in [-0.3, -0.25) is 0 Å². The Bertz CT molecular complexity index is 925. The van der Waals surface area contributed by atoms with Gasteiger partial charge < -0.3 is 11.5 Å². The first-order chi connectivity index (χ1) is 11.3. The normalized spacial score (nSPS) is 18.8. The number of halogens is 1. The monoisotopic (exact) mass is 411 g/mol. The fraction of sp³-hybridized carbons (Fsp3) is 0.333. The number of nitrogens with two attached hydrogens (primary N) is 2. The molecule has 0 amide bonds. The van der Waals surface area contributed by atoms with E-state index in [-0.39, 0.29) is 16.9 Å². The van der Waals surface area contributed by atoms with Gasteiger partial charge in [0.15, 0.2) is 11.8 Å². The number of pyridine rings is 1. The molecule has 3 rings (SSSR count). The Morgan fingerprint density at radius 2 is 2.12 bits per heavy atom. The lowest BCUT2D eigenvalue weighted by molar-refractivity contribution is 0.408. The van der Waals surface area contributed by atoms with Crippen LogP contribution < -0.4 is 11.5 Å². The van der Waals surface area contributed by atoms with Crippen molar-refractivity contribution in [2.24, 2.45) is 16.5 Å². The summed E-state index contributed by atoms with van der Waals surface area (Å²) in [5.41, 5.74) is 10.9. The topological polar surface area (TPSA) is 115 Å². The minimum absolute atomic E-state index is 0.00325. The number of rotatable bonds is 3. The van der Waals surface area contributed by atoms with Crippen LogP contribution in [0, 0.1) is 0 Å². The van der Waals surface area contributed by atoms with Crippen LogP contribution in [0.5, 0.6) is 0 Å². The summed E-state index contributed by atoms with van der Waals surface area (Å²) >= 11 is 3.41. The fourth-order valence-electron chi connectivity index (χ4n) is 2.94. The van der Waals surface area contributed by atoms with Crippen molar-refractivity contribution >= 4 is 48.5 Å². The molecule has 1 saturated heterocycles. The Hall–Kier alpha value is -1.71. The molecule has 0 unspecified atom stereocenters. The number of aliphatic imine (C=N–C) groups is 1. The molecule has 9 heteroatoms. The summed E-state index contributed by atoms with van der Waals surface area (Å²) in [6, 6.07) is 4.92. The molecule has 0 aliphatic carbocycles. The number of fused-ring (bicyclic) bond motifs is 1. The summed E-state index contributed by atoms with van der Waals surface area (Å²) in [4.78, 5) is 8.39. The minimum Gasteiger partial charge on any atom is -0.370 e. The predicted octanol–water partition coefficient (Wildman–Crippen LogP) is 2.08. The molecule has 24 heavy (non-hydrogen) atoms. The Labute approximate surface area is 148 Å². The second kappa shape index (κ2) is 6.30. The molecule has 4 N–H and O–H groups in total. The number of guanidine groups is 1. The van der Waals surface area contributed by atoms with E-state index in [1.807, 2.05) is 6.92 Å². The third-order valence-electron chi connectivity index (χ3n) is 4.12. The first-order valence-electron chi connectivity index (χ1n) is 7.50. The first-order valence-corrected chi connectivity index (χ1v) is 9.74. The smallest absolute Gasteiger partial charge is 0.243 e. The molecular formula is C15H18BrN5O2S. The van der Waals surface area contributed by atoms with E-state index >= 15 is 0 Å². The Morgan fingerprint density at radius 3 is 2.75 bits per heavy atom. The van der Waals surface area contributed by atoms with E-state index in [4.69, 9.17) is 11.5 Å². The molecule has 0 radical (unpaired) electrons. The summed E-state index contributed by atoms with van der Waals surface area (Å²) < 4.78 is 28.1. The maximum atomic E-state index is 12.9. The van der Waals surface area contributed by atoms with Gasteiger partial charge in [-0.05, 0) is 47.8 Å². The van der Waals surface area contributed by atoms with Gasteiger partial charge in [0.1, 0.15) is 0 Å². The lowest BCUT2D eigenvalue weighted by atomic mass is 10.1. The van der Waals surface area contributed by atoms with Gasteiger partial charge in [0.2, 0.25) is 10.0 Å². The van der Waals surface area contributed by atoms with Crippen LogP contribution in [-0.2, 0) is 10.0 Å². The van der Waals surface area contributed by atoms with Gasteiger partial charge in [0.25, 0.3) is 0 Å². The van der Waals surface area contributed by atoms with Gasteiger partial charge in [-0.2, -0.15) is 9.30 Å². The molecule has 1 fully saturated rings. The van der Waals surface area contributed by atoms with E-state index in [9.17, 15) is 8.42 Å². The molecular weight excluding hydrogens is 394 g/mol. The van der Waals surface area contributed by atoms with Crippen LogP contribution in [0.1, 0.15) is 19.8 Å². The zero-order chi connectivity index (χ0) is 17.5. The van der Waals surface area contributed by atoms with Gasteiger partial charge in [0.05, 0.1) is 4.90 Å². The minimum atomic E-state index is -3.56. The van der Waals surface area contributed by atoms with Crippen LogP contribution in [0.15, 0.2) is 38.8 Å². The molecule has 2 heterocycles. The van der Waals surface area contributed by atoms with Crippen molar-refractivity contribution < 1.29 is 8.42 Å². The Kier molecular flexibility index (Phi) is 4.50. The van der Waals surface area contributed by atoms with Crippen LogP contribution in [0.25, 0.3) is 10.8 Å². The maximum absolute atomic E-state index is 12.9.